The van der Waals surface area contributed by atoms with Gasteiger partial charge in [0.1, 0.15) is 5.82 Å². The van der Waals surface area contributed by atoms with E-state index in [4.69, 9.17) is 11.6 Å². The molecule has 0 saturated heterocycles. The van der Waals surface area contributed by atoms with E-state index in [0.717, 1.165) is 5.56 Å². The number of rotatable bonds is 4. The second-order valence-electron chi connectivity index (χ2n) is 8.74. The van der Waals surface area contributed by atoms with E-state index in [1.807, 2.05) is 24.3 Å². The summed E-state index contributed by atoms with van der Waals surface area (Å²) in [5.41, 5.74) is 2.67. The Morgan fingerprint density at radius 1 is 1.06 bits per heavy atom. The molecule has 2 heterocycles. The topological polar surface area (TPSA) is 83.4 Å². The van der Waals surface area contributed by atoms with Gasteiger partial charge in [0.25, 0.3) is 17.2 Å². The minimum atomic E-state index is -0.256. The molecule has 1 N–H and O–H groups in total. The van der Waals surface area contributed by atoms with Gasteiger partial charge in [0.05, 0.1) is 6.54 Å². The van der Waals surface area contributed by atoms with Crippen LogP contribution in [0.15, 0.2) is 59.4 Å². The molecule has 0 atom stereocenters. The predicted molar refractivity (Wildman–Crippen MR) is 125 cm³/mol. The first-order chi connectivity index (χ1) is 15.1. The number of aryl methyl sites for hydroxylation is 1. The van der Waals surface area contributed by atoms with E-state index >= 15 is 0 Å². The molecule has 0 aliphatic heterocycles. The van der Waals surface area contributed by atoms with Crippen LogP contribution in [0.5, 0.6) is 0 Å². The molecule has 8 heteroatoms. The van der Waals surface area contributed by atoms with E-state index < -0.39 is 0 Å². The monoisotopic (exact) mass is 449 g/mol. The summed E-state index contributed by atoms with van der Waals surface area (Å²) in [6.07, 6.45) is 0. The first-order valence-electron chi connectivity index (χ1n) is 10.2. The summed E-state index contributed by atoms with van der Waals surface area (Å²) < 4.78 is 1.27. The van der Waals surface area contributed by atoms with Crippen molar-refractivity contribution in [3.63, 3.8) is 0 Å². The molecule has 0 unspecified atom stereocenters. The Kier molecular flexibility index (Phi) is 5.60. The van der Waals surface area contributed by atoms with E-state index in [1.165, 1.54) is 10.6 Å². The number of halogens is 1. The van der Waals surface area contributed by atoms with E-state index in [1.54, 1.807) is 36.1 Å². The van der Waals surface area contributed by atoms with Crippen molar-refractivity contribution in [2.45, 2.75) is 39.7 Å². The van der Waals surface area contributed by atoms with Crippen LogP contribution in [0.3, 0.4) is 0 Å². The lowest BCUT2D eigenvalue weighted by molar-refractivity contribution is 0.0984. The third-order valence-corrected chi connectivity index (χ3v) is 5.45. The predicted octanol–water partition coefficient (Wildman–Crippen LogP) is 4.52. The van der Waals surface area contributed by atoms with E-state index in [0.29, 0.717) is 27.8 Å². The summed E-state index contributed by atoms with van der Waals surface area (Å²) in [7, 11) is 0. The van der Waals surface area contributed by atoms with Crippen molar-refractivity contribution in [1.29, 1.82) is 0 Å². The Morgan fingerprint density at radius 2 is 1.72 bits per heavy atom. The lowest BCUT2D eigenvalue weighted by atomic mass is 9.86. The number of carbonyl (C=O) groups is 1. The van der Waals surface area contributed by atoms with Crippen LogP contribution in [-0.4, -0.2) is 25.5 Å². The molecule has 0 saturated carbocycles. The maximum absolute atomic E-state index is 13.5. The fourth-order valence-corrected chi connectivity index (χ4v) is 3.55. The molecule has 4 aromatic rings. The fourth-order valence-electron chi connectivity index (χ4n) is 3.43. The minimum absolute atomic E-state index is 0.00981. The standard InChI is InChI=1S/C24H24ClN5O2/c1-15-13-21(31)30-23(26-15)27-20(28-30)14-29(19-11-9-18(25)10-12-19)22(32)16-5-7-17(8-6-16)24(2,3)4/h5-13H,14H2,1-4H3,(H,26,27,28). The van der Waals surface area contributed by atoms with Crippen LogP contribution in [0.1, 0.15) is 48.2 Å². The molecule has 164 valence electrons. The highest BCUT2D eigenvalue weighted by molar-refractivity contribution is 6.30. The molecular weight excluding hydrogens is 426 g/mol. The van der Waals surface area contributed by atoms with Gasteiger partial charge in [-0.2, -0.15) is 9.50 Å². The molecule has 0 spiro atoms. The van der Waals surface area contributed by atoms with E-state index in [2.05, 4.69) is 35.8 Å². The molecule has 7 nitrogen and oxygen atoms in total. The maximum atomic E-state index is 13.5. The summed E-state index contributed by atoms with van der Waals surface area (Å²) in [6, 6.07) is 16.1. The van der Waals surface area contributed by atoms with Crippen molar-refractivity contribution in [3.8, 4) is 0 Å². The molecule has 2 aromatic carbocycles. The zero-order valence-corrected chi connectivity index (χ0v) is 19.1. The number of hydrogen-bond donors (Lipinski definition) is 1. The first kappa shape index (κ1) is 21.8. The largest absolute Gasteiger partial charge is 0.301 e. The normalized spacial score (nSPS) is 11.7. The van der Waals surface area contributed by atoms with Gasteiger partial charge in [-0.25, -0.2) is 4.98 Å². The third kappa shape index (κ3) is 4.43. The van der Waals surface area contributed by atoms with Crippen molar-refractivity contribution in [3.05, 3.63) is 92.6 Å². The number of fused-ring (bicyclic) bond motifs is 1. The van der Waals surface area contributed by atoms with Gasteiger partial charge in [-0.15, -0.1) is 0 Å². The van der Waals surface area contributed by atoms with Crippen LogP contribution >= 0.6 is 11.6 Å². The Balaban J connectivity index is 1.72. The Labute approximate surface area is 190 Å². The average Bonchev–Trinajstić information content (AvgIpc) is 3.15. The third-order valence-electron chi connectivity index (χ3n) is 5.19. The van der Waals surface area contributed by atoms with Crippen LogP contribution < -0.4 is 10.5 Å². The van der Waals surface area contributed by atoms with Crippen LogP contribution in [0.4, 0.5) is 5.69 Å². The van der Waals surface area contributed by atoms with Gasteiger partial charge >= 0.3 is 0 Å². The summed E-state index contributed by atoms with van der Waals surface area (Å²) in [6.45, 7) is 8.25. The number of aromatic amines is 1. The summed E-state index contributed by atoms with van der Waals surface area (Å²) in [5, 5.41) is 3.52. The Hall–Kier alpha value is -3.45. The van der Waals surface area contributed by atoms with Gasteiger partial charge in [-0.05, 0) is 54.3 Å². The average molecular weight is 450 g/mol. The van der Waals surface area contributed by atoms with Gasteiger partial charge < -0.3 is 4.90 Å². The molecule has 2 aromatic heterocycles. The highest BCUT2D eigenvalue weighted by Gasteiger charge is 2.21. The molecule has 0 bridgehead atoms. The van der Waals surface area contributed by atoms with Crippen molar-refractivity contribution >= 4 is 29.0 Å². The van der Waals surface area contributed by atoms with E-state index in [-0.39, 0.29) is 29.2 Å². The number of nitrogens with one attached hydrogen (secondary N) is 1. The smallest absolute Gasteiger partial charge is 0.274 e. The number of amides is 1. The van der Waals surface area contributed by atoms with Gasteiger partial charge in [-0.1, -0.05) is 44.5 Å². The van der Waals surface area contributed by atoms with Crippen LogP contribution in [0.25, 0.3) is 5.78 Å². The molecule has 4 rings (SSSR count). The molecule has 0 radical (unpaired) electrons. The summed E-state index contributed by atoms with van der Waals surface area (Å²) in [4.78, 5) is 36.0. The van der Waals surface area contributed by atoms with Gasteiger partial charge in [0, 0.05) is 28.0 Å². The molecule has 0 fully saturated rings. The number of anilines is 1. The van der Waals surface area contributed by atoms with Crippen molar-refractivity contribution in [2.24, 2.45) is 0 Å². The number of hydrogen-bond acceptors (Lipinski definition) is 4. The zero-order chi connectivity index (χ0) is 23.0. The SMILES string of the molecule is Cc1cc(=O)n2[nH]c(CN(C(=O)c3ccc(C(C)(C)C)cc3)c3ccc(Cl)cc3)nc2n1. The number of nitrogens with zero attached hydrogens (tertiary/aromatic N) is 4. The van der Waals surface area contributed by atoms with Crippen LogP contribution in [0.2, 0.25) is 5.02 Å². The first-order valence-corrected chi connectivity index (χ1v) is 10.6. The summed E-state index contributed by atoms with van der Waals surface area (Å²) >= 11 is 6.05. The van der Waals surface area contributed by atoms with Gasteiger partial charge in [-0.3, -0.25) is 14.7 Å². The van der Waals surface area contributed by atoms with Gasteiger partial charge in [0.15, 0.2) is 0 Å². The quantitative estimate of drug-likeness (QED) is 0.496. The zero-order valence-electron chi connectivity index (χ0n) is 18.4. The number of carbonyl (C=O) groups excluding carboxylic acids is 1. The van der Waals surface area contributed by atoms with Crippen LogP contribution in [0, 0.1) is 6.92 Å². The molecule has 1 amide bonds. The number of H-pyrrole nitrogens is 1. The van der Waals surface area contributed by atoms with Gasteiger partial charge in [0.2, 0.25) is 0 Å². The second-order valence-corrected chi connectivity index (χ2v) is 9.17. The fraction of sp³-hybridized carbons (Fsp3) is 0.250. The lowest BCUT2D eigenvalue weighted by Crippen LogP contribution is -2.31. The highest BCUT2D eigenvalue weighted by atomic mass is 35.5. The second kappa shape index (κ2) is 8.24. The molecule has 0 aliphatic rings. The lowest BCUT2D eigenvalue weighted by Gasteiger charge is -2.23. The molecule has 0 aliphatic carbocycles. The minimum Gasteiger partial charge on any atom is -0.301 e. The molecule has 32 heavy (non-hydrogen) atoms. The Bertz CT molecular complexity index is 1330. The van der Waals surface area contributed by atoms with E-state index in [9.17, 15) is 9.59 Å². The molecular formula is C24H24ClN5O2. The summed E-state index contributed by atoms with van der Waals surface area (Å²) in [5.74, 6) is 0.516. The number of aromatic nitrogens is 4. The highest BCUT2D eigenvalue weighted by Crippen LogP contribution is 2.25. The van der Waals surface area contributed by atoms with Crippen molar-refractivity contribution < 1.29 is 4.79 Å². The Morgan fingerprint density at radius 3 is 2.34 bits per heavy atom. The number of benzene rings is 2. The van der Waals surface area contributed by atoms with Crippen molar-refractivity contribution in [1.82, 2.24) is 19.6 Å². The maximum Gasteiger partial charge on any atom is 0.274 e. The van der Waals surface area contributed by atoms with Crippen molar-refractivity contribution in [2.75, 3.05) is 4.90 Å². The van der Waals surface area contributed by atoms with Crippen LogP contribution in [-0.2, 0) is 12.0 Å².